The van der Waals surface area contributed by atoms with Crippen molar-refractivity contribution in [2.75, 3.05) is 6.61 Å². The monoisotopic (exact) mass is 318 g/mol. The highest BCUT2D eigenvalue weighted by atomic mass is 16.6. The van der Waals surface area contributed by atoms with Crippen molar-refractivity contribution in [3.05, 3.63) is 35.4 Å². The van der Waals surface area contributed by atoms with Crippen LogP contribution in [0.5, 0.6) is 0 Å². The molecule has 23 heavy (non-hydrogen) atoms. The molecule has 0 N–H and O–H groups in total. The van der Waals surface area contributed by atoms with Crippen molar-refractivity contribution in [1.29, 1.82) is 0 Å². The minimum atomic E-state index is -0.677. The maximum absolute atomic E-state index is 12.5. The Bertz CT molecular complexity index is 566. The number of benzene rings is 1. The van der Waals surface area contributed by atoms with Crippen molar-refractivity contribution < 1.29 is 19.1 Å². The Morgan fingerprint density at radius 1 is 1.26 bits per heavy atom. The molecule has 1 aliphatic rings. The van der Waals surface area contributed by atoms with Crippen LogP contribution in [-0.2, 0) is 14.3 Å². The summed E-state index contributed by atoms with van der Waals surface area (Å²) in [5.74, 6) is -0.568. The SMILES string of the molecule is CCCC1(C(=O)OCC)CCCC1OC(=O)c1ccccc1C. The van der Waals surface area contributed by atoms with E-state index in [0.29, 0.717) is 18.6 Å². The fourth-order valence-corrected chi connectivity index (χ4v) is 3.55. The maximum Gasteiger partial charge on any atom is 0.338 e. The first-order valence-electron chi connectivity index (χ1n) is 8.49. The molecule has 2 unspecified atom stereocenters. The molecule has 0 saturated heterocycles. The van der Waals surface area contributed by atoms with Gasteiger partial charge in [0, 0.05) is 0 Å². The Morgan fingerprint density at radius 3 is 2.65 bits per heavy atom. The zero-order valence-corrected chi connectivity index (χ0v) is 14.3. The number of ether oxygens (including phenoxy) is 2. The molecular weight excluding hydrogens is 292 g/mol. The number of carbonyl (C=O) groups excluding carboxylic acids is 2. The third-order valence-electron chi connectivity index (χ3n) is 4.70. The van der Waals surface area contributed by atoms with E-state index < -0.39 is 11.5 Å². The molecule has 1 aliphatic carbocycles. The van der Waals surface area contributed by atoms with Crippen LogP contribution in [0.3, 0.4) is 0 Å². The van der Waals surface area contributed by atoms with Gasteiger partial charge in [0.1, 0.15) is 11.5 Å². The third kappa shape index (κ3) is 3.57. The topological polar surface area (TPSA) is 52.6 Å². The van der Waals surface area contributed by atoms with Gasteiger partial charge in [-0.05, 0) is 51.2 Å². The quantitative estimate of drug-likeness (QED) is 0.742. The summed E-state index contributed by atoms with van der Waals surface area (Å²) in [4.78, 5) is 25.1. The third-order valence-corrected chi connectivity index (χ3v) is 4.70. The number of carbonyl (C=O) groups is 2. The van der Waals surface area contributed by atoms with Gasteiger partial charge in [-0.2, -0.15) is 0 Å². The normalized spacial score (nSPS) is 23.5. The standard InChI is InChI=1S/C19H26O4/c1-4-12-19(18(21)22-5-2)13-8-11-16(19)23-17(20)15-10-7-6-9-14(15)3/h6-7,9-10,16H,4-5,8,11-13H2,1-3H3. The molecule has 4 heteroatoms. The molecule has 1 saturated carbocycles. The molecule has 0 bridgehead atoms. The number of esters is 2. The average molecular weight is 318 g/mol. The number of hydrogen-bond acceptors (Lipinski definition) is 4. The molecule has 4 nitrogen and oxygen atoms in total. The highest BCUT2D eigenvalue weighted by Gasteiger charge is 2.51. The van der Waals surface area contributed by atoms with Gasteiger partial charge in [-0.25, -0.2) is 4.79 Å². The number of hydrogen-bond donors (Lipinski definition) is 0. The zero-order valence-electron chi connectivity index (χ0n) is 14.3. The molecule has 0 amide bonds. The fraction of sp³-hybridized carbons (Fsp3) is 0.579. The van der Waals surface area contributed by atoms with Gasteiger partial charge in [-0.15, -0.1) is 0 Å². The Balaban J connectivity index is 2.21. The van der Waals surface area contributed by atoms with Gasteiger partial charge < -0.3 is 9.47 Å². The van der Waals surface area contributed by atoms with Crippen molar-refractivity contribution >= 4 is 11.9 Å². The second-order valence-corrected chi connectivity index (χ2v) is 6.23. The number of rotatable bonds is 6. The molecule has 1 aromatic carbocycles. The highest BCUT2D eigenvalue weighted by molar-refractivity contribution is 5.91. The van der Waals surface area contributed by atoms with Crippen molar-refractivity contribution in [3.63, 3.8) is 0 Å². The highest BCUT2D eigenvalue weighted by Crippen LogP contribution is 2.45. The average Bonchev–Trinajstić information content (AvgIpc) is 2.92. The summed E-state index contributed by atoms with van der Waals surface area (Å²) < 4.78 is 11.1. The zero-order chi connectivity index (χ0) is 16.9. The van der Waals surface area contributed by atoms with Crippen molar-refractivity contribution in [2.24, 2.45) is 5.41 Å². The van der Waals surface area contributed by atoms with Crippen molar-refractivity contribution in [3.8, 4) is 0 Å². The van der Waals surface area contributed by atoms with Crippen LogP contribution in [0.2, 0.25) is 0 Å². The molecule has 0 heterocycles. The van der Waals surface area contributed by atoms with E-state index in [1.807, 2.05) is 32.0 Å². The van der Waals surface area contributed by atoms with E-state index in [1.54, 1.807) is 13.0 Å². The molecule has 1 fully saturated rings. The van der Waals surface area contributed by atoms with E-state index >= 15 is 0 Å². The maximum atomic E-state index is 12.5. The molecule has 0 spiro atoms. The summed E-state index contributed by atoms with van der Waals surface area (Å²) in [5, 5.41) is 0. The Hall–Kier alpha value is -1.84. The van der Waals surface area contributed by atoms with E-state index in [1.165, 1.54) is 0 Å². The molecule has 0 radical (unpaired) electrons. The van der Waals surface area contributed by atoms with Gasteiger partial charge in [-0.3, -0.25) is 4.79 Å². The predicted octanol–water partition coefficient (Wildman–Crippen LogP) is 4.05. The van der Waals surface area contributed by atoms with Gasteiger partial charge in [0.2, 0.25) is 0 Å². The first-order chi connectivity index (χ1) is 11.0. The molecular formula is C19H26O4. The summed E-state index contributed by atoms with van der Waals surface area (Å²) in [6.07, 6.45) is 3.48. The summed E-state index contributed by atoms with van der Waals surface area (Å²) in [6.45, 7) is 6.08. The van der Waals surface area contributed by atoms with E-state index in [-0.39, 0.29) is 11.9 Å². The van der Waals surface area contributed by atoms with Crippen LogP contribution in [0.25, 0.3) is 0 Å². The lowest BCUT2D eigenvalue weighted by Gasteiger charge is -2.32. The predicted molar refractivity (Wildman–Crippen MR) is 88.2 cm³/mol. The van der Waals surface area contributed by atoms with E-state index in [9.17, 15) is 9.59 Å². The molecule has 1 aromatic rings. The lowest BCUT2D eigenvalue weighted by Crippen LogP contribution is -2.42. The second-order valence-electron chi connectivity index (χ2n) is 6.23. The summed E-state index contributed by atoms with van der Waals surface area (Å²) in [6, 6.07) is 7.36. The Morgan fingerprint density at radius 2 is 2.00 bits per heavy atom. The van der Waals surface area contributed by atoms with Crippen LogP contribution < -0.4 is 0 Å². The molecule has 2 rings (SSSR count). The molecule has 0 aromatic heterocycles. The first-order valence-corrected chi connectivity index (χ1v) is 8.49. The first kappa shape index (κ1) is 17.5. The van der Waals surface area contributed by atoms with Crippen LogP contribution in [0.4, 0.5) is 0 Å². The fourth-order valence-electron chi connectivity index (χ4n) is 3.55. The number of aryl methyl sites for hydroxylation is 1. The van der Waals surface area contributed by atoms with Crippen LogP contribution in [0.15, 0.2) is 24.3 Å². The van der Waals surface area contributed by atoms with Crippen LogP contribution in [-0.4, -0.2) is 24.6 Å². The van der Waals surface area contributed by atoms with E-state index in [2.05, 4.69) is 0 Å². The van der Waals surface area contributed by atoms with E-state index in [4.69, 9.17) is 9.47 Å². The van der Waals surface area contributed by atoms with Gasteiger partial charge in [0.25, 0.3) is 0 Å². The van der Waals surface area contributed by atoms with Crippen LogP contribution in [0, 0.1) is 12.3 Å². The van der Waals surface area contributed by atoms with Gasteiger partial charge in [0.15, 0.2) is 0 Å². The molecule has 0 aliphatic heterocycles. The molecule has 126 valence electrons. The Kier molecular flexibility index (Phi) is 5.80. The molecule has 2 atom stereocenters. The van der Waals surface area contributed by atoms with Crippen molar-refractivity contribution in [1.82, 2.24) is 0 Å². The minimum Gasteiger partial charge on any atom is -0.465 e. The largest absolute Gasteiger partial charge is 0.465 e. The van der Waals surface area contributed by atoms with E-state index in [0.717, 1.165) is 31.2 Å². The summed E-state index contributed by atoms with van der Waals surface area (Å²) in [5.41, 5.74) is 0.768. The van der Waals surface area contributed by atoms with Gasteiger partial charge >= 0.3 is 11.9 Å². The second kappa shape index (κ2) is 7.62. The van der Waals surface area contributed by atoms with Crippen LogP contribution in [0.1, 0.15) is 61.9 Å². The van der Waals surface area contributed by atoms with Gasteiger partial charge in [0.05, 0.1) is 12.2 Å². The summed E-state index contributed by atoms with van der Waals surface area (Å²) >= 11 is 0. The smallest absolute Gasteiger partial charge is 0.338 e. The lowest BCUT2D eigenvalue weighted by atomic mass is 9.79. The minimum absolute atomic E-state index is 0.220. The van der Waals surface area contributed by atoms with Crippen molar-refractivity contribution in [2.45, 2.75) is 59.0 Å². The summed E-state index contributed by atoms with van der Waals surface area (Å²) in [7, 11) is 0. The van der Waals surface area contributed by atoms with Gasteiger partial charge in [-0.1, -0.05) is 31.5 Å². The Labute approximate surface area is 138 Å². The van der Waals surface area contributed by atoms with Crippen LogP contribution >= 0.6 is 0 Å². The lowest BCUT2D eigenvalue weighted by molar-refractivity contribution is -0.162.